The van der Waals surface area contributed by atoms with E-state index in [-0.39, 0.29) is 24.0 Å². The highest BCUT2D eigenvalue weighted by molar-refractivity contribution is 7.98. The van der Waals surface area contributed by atoms with E-state index in [2.05, 4.69) is 77.9 Å². The van der Waals surface area contributed by atoms with E-state index in [9.17, 15) is 0 Å². The lowest BCUT2D eigenvalue weighted by Crippen LogP contribution is -3.00. The van der Waals surface area contributed by atoms with Gasteiger partial charge in [0, 0.05) is 12.1 Å². The molecule has 3 rings (SSSR count). The van der Waals surface area contributed by atoms with Crippen LogP contribution in [0.15, 0.2) is 65.1 Å². The zero-order valence-electron chi connectivity index (χ0n) is 11.9. The van der Waals surface area contributed by atoms with Crippen LogP contribution in [0.4, 0.5) is 0 Å². The molecule has 0 fully saturated rings. The van der Waals surface area contributed by atoms with Crippen molar-refractivity contribution in [3.05, 3.63) is 65.7 Å². The summed E-state index contributed by atoms with van der Waals surface area (Å²) in [4.78, 5) is 1.33. The molecular weight excluding hydrogens is 409 g/mol. The number of halogens is 1. The molecule has 4 heteroatoms. The number of thioether (sulfide) groups is 1. The second-order valence-electron chi connectivity index (χ2n) is 4.63. The van der Waals surface area contributed by atoms with Crippen LogP contribution in [0, 0.1) is 6.92 Å². The molecule has 0 amide bonds. The molecule has 0 bridgehead atoms. The van der Waals surface area contributed by atoms with Gasteiger partial charge < -0.3 is 24.0 Å². The number of aromatic nitrogens is 1. The van der Waals surface area contributed by atoms with E-state index in [1.54, 1.807) is 23.1 Å². The van der Waals surface area contributed by atoms with Crippen molar-refractivity contribution in [2.45, 2.75) is 11.9 Å². The third kappa shape index (κ3) is 3.49. The van der Waals surface area contributed by atoms with Crippen LogP contribution in [0.3, 0.4) is 0 Å². The summed E-state index contributed by atoms with van der Waals surface area (Å²) in [6.07, 6.45) is 2.14. The highest BCUT2D eigenvalue weighted by Crippen LogP contribution is 2.32. The maximum Gasteiger partial charge on any atom is 0.264 e. The molecule has 0 spiro atoms. The Morgan fingerprint density at radius 1 is 0.952 bits per heavy atom. The summed E-state index contributed by atoms with van der Waals surface area (Å²) in [6, 6.07) is 19.3. The number of hydrogen-bond acceptors (Lipinski definition) is 2. The lowest BCUT2D eigenvalue weighted by atomic mass is 10.1. The number of thiazole rings is 1. The van der Waals surface area contributed by atoms with Gasteiger partial charge in [0.05, 0.1) is 0 Å². The highest BCUT2D eigenvalue weighted by Gasteiger charge is 2.21. The first kappa shape index (κ1) is 16.5. The van der Waals surface area contributed by atoms with Crippen molar-refractivity contribution in [2.75, 3.05) is 6.26 Å². The van der Waals surface area contributed by atoms with Crippen LogP contribution < -0.4 is 28.5 Å². The predicted molar refractivity (Wildman–Crippen MR) is 87.8 cm³/mol. The molecule has 1 heterocycles. The van der Waals surface area contributed by atoms with Crippen LogP contribution in [-0.2, 0) is 0 Å². The Morgan fingerprint density at radius 2 is 1.62 bits per heavy atom. The minimum absolute atomic E-state index is 0. The Bertz CT molecular complexity index is 705. The Labute approximate surface area is 151 Å². The van der Waals surface area contributed by atoms with Gasteiger partial charge in [0.15, 0.2) is 0 Å². The SMILES string of the molecule is CSc1c(-c2ccc(C)cc2)sc[n+]1-c1ccccc1.[I-]. The monoisotopic (exact) mass is 425 g/mol. The first-order valence-electron chi connectivity index (χ1n) is 6.49. The second-order valence-corrected chi connectivity index (χ2v) is 6.28. The molecule has 0 radical (unpaired) electrons. The Hall–Kier alpha value is -0.850. The topological polar surface area (TPSA) is 3.88 Å². The van der Waals surface area contributed by atoms with Crippen LogP contribution in [0.25, 0.3) is 16.1 Å². The number of rotatable bonds is 3. The van der Waals surface area contributed by atoms with Crippen molar-refractivity contribution in [3.63, 3.8) is 0 Å². The van der Waals surface area contributed by atoms with Crippen molar-refractivity contribution in [1.29, 1.82) is 0 Å². The predicted octanol–water partition coefficient (Wildman–Crippen LogP) is 1.73. The van der Waals surface area contributed by atoms with Crippen molar-refractivity contribution in [3.8, 4) is 16.1 Å². The van der Waals surface area contributed by atoms with Gasteiger partial charge in [0.2, 0.25) is 11.2 Å². The van der Waals surface area contributed by atoms with Gasteiger partial charge in [-0.1, -0.05) is 71.1 Å². The maximum atomic E-state index is 2.27. The molecule has 3 aromatic rings. The molecule has 0 N–H and O–H groups in total. The Balaban J connectivity index is 0.00000161. The molecule has 108 valence electrons. The van der Waals surface area contributed by atoms with Gasteiger partial charge in [-0.3, -0.25) is 0 Å². The van der Waals surface area contributed by atoms with Gasteiger partial charge in [-0.25, -0.2) is 0 Å². The molecule has 0 saturated heterocycles. The first-order valence-corrected chi connectivity index (χ1v) is 8.59. The maximum absolute atomic E-state index is 2.27. The summed E-state index contributed by atoms with van der Waals surface area (Å²) >= 11 is 3.59. The van der Waals surface area contributed by atoms with Gasteiger partial charge in [0.25, 0.3) is 5.03 Å². The van der Waals surface area contributed by atoms with E-state index in [4.69, 9.17) is 0 Å². The summed E-state index contributed by atoms with van der Waals surface area (Å²) in [7, 11) is 0. The van der Waals surface area contributed by atoms with Crippen molar-refractivity contribution in [1.82, 2.24) is 0 Å². The molecule has 1 nitrogen and oxygen atoms in total. The average Bonchev–Trinajstić information content (AvgIpc) is 2.93. The number of benzene rings is 2. The highest BCUT2D eigenvalue weighted by atomic mass is 127. The molecular formula is C17H16INS2. The first-order chi connectivity index (χ1) is 9.79. The third-order valence-corrected chi connectivity index (χ3v) is 5.13. The minimum Gasteiger partial charge on any atom is -1.00 e. The van der Waals surface area contributed by atoms with Gasteiger partial charge in [-0.05, 0) is 18.7 Å². The van der Waals surface area contributed by atoms with Crippen molar-refractivity contribution in [2.24, 2.45) is 0 Å². The third-order valence-electron chi connectivity index (χ3n) is 3.23. The lowest BCUT2D eigenvalue weighted by molar-refractivity contribution is -0.629. The fourth-order valence-electron chi connectivity index (χ4n) is 2.17. The fraction of sp³-hybridized carbons (Fsp3) is 0.118. The van der Waals surface area contributed by atoms with Gasteiger partial charge in [-0.15, -0.1) is 4.57 Å². The van der Waals surface area contributed by atoms with E-state index < -0.39 is 0 Å². The Kier molecular flexibility index (Phi) is 5.84. The van der Waals surface area contributed by atoms with Gasteiger partial charge in [0.1, 0.15) is 4.88 Å². The lowest BCUT2D eigenvalue weighted by Gasteiger charge is -2.00. The summed E-state index contributed by atoms with van der Waals surface area (Å²) in [5.41, 5.74) is 5.99. The van der Waals surface area contributed by atoms with E-state index >= 15 is 0 Å². The number of hydrogen-bond donors (Lipinski definition) is 0. The Morgan fingerprint density at radius 3 is 2.24 bits per heavy atom. The molecule has 0 aliphatic rings. The number of nitrogens with zero attached hydrogens (tertiary/aromatic N) is 1. The molecule has 0 aliphatic heterocycles. The molecule has 0 atom stereocenters. The van der Waals surface area contributed by atoms with Crippen LogP contribution >= 0.6 is 23.1 Å². The van der Waals surface area contributed by atoms with Crippen LogP contribution in [0.2, 0.25) is 0 Å². The molecule has 0 aliphatic carbocycles. The van der Waals surface area contributed by atoms with Gasteiger partial charge in [-0.2, -0.15) is 0 Å². The smallest absolute Gasteiger partial charge is 0.264 e. The summed E-state index contributed by atoms with van der Waals surface area (Å²) in [5, 5.41) is 1.30. The summed E-state index contributed by atoms with van der Waals surface area (Å²) < 4.78 is 2.27. The minimum atomic E-state index is 0. The molecule has 0 unspecified atom stereocenters. The van der Waals surface area contributed by atoms with Crippen molar-refractivity contribution < 1.29 is 28.5 Å². The van der Waals surface area contributed by atoms with E-state index in [1.807, 2.05) is 0 Å². The average molecular weight is 425 g/mol. The van der Waals surface area contributed by atoms with Crippen LogP contribution in [-0.4, -0.2) is 6.26 Å². The zero-order chi connectivity index (χ0) is 13.9. The normalized spacial score (nSPS) is 10.2. The number of aryl methyl sites for hydroxylation is 1. The molecule has 2 aromatic carbocycles. The van der Waals surface area contributed by atoms with Gasteiger partial charge >= 0.3 is 0 Å². The quantitative estimate of drug-likeness (QED) is 0.351. The second kappa shape index (κ2) is 7.42. The van der Waals surface area contributed by atoms with Crippen LogP contribution in [0.1, 0.15) is 5.56 Å². The van der Waals surface area contributed by atoms with Crippen molar-refractivity contribution >= 4 is 23.1 Å². The molecule has 0 saturated carbocycles. The standard InChI is InChI=1S/C17H16NS2.HI/c1-13-8-10-14(11-9-13)16-17(19-2)18(12-20-16)15-6-4-3-5-7-15;/h3-12H,1-2H3;1H/q+1;/p-1. The van der Waals surface area contributed by atoms with E-state index in [0.29, 0.717) is 0 Å². The van der Waals surface area contributed by atoms with E-state index in [1.165, 1.54) is 26.7 Å². The summed E-state index contributed by atoms with van der Waals surface area (Å²) in [5.74, 6) is 0. The van der Waals surface area contributed by atoms with E-state index in [0.717, 1.165) is 0 Å². The molecule has 21 heavy (non-hydrogen) atoms. The van der Waals surface area contributed by atoms with Crippen LogP contribution in [0.5, 0.6) is 0 Å². The fourth-order valence-corrected chi connectivity index (χ4v) is 4.20. The zero-order valence-corrected chi connectivity index (χ0v) is 15.7. The number of para-hydroxylation sites is 1. The molecule has 1 aromatic heterocycles. The summed E-state index contributed by atoms with van der Waals surface area (Å²) in [6.45, 7) is 2.12. The largest absolute Gasteiger partial charge is 1.00 e.